The molecule has 144 valence electrons. The van der Waals surface area contributed by atoms with Crippen LogP contribution in [0.4, 0.5) is 10.5 Å². The van der Waals surface area contributed by atoms with Crippen molar-refractivity contribution in [2.75, 3.05) is 38.6 Å². The van der Waals surface area contributed by atoms with Crippen molar-refractivity contribution in [3.63, 3.8) is 0 Å². The monoisotopic (exact) mass is 380 g/mol. The van der Waals surface area contributed by atoms with Gasteiger partial charge in [0.25, 0.3) is 0 Å². The van der Waals surface area contributed by atoms with Gasteiger partial charge in [-0.3, -0.25) is 4.90 Å². The Morgan fingerprint density at radius 2 is 1.81 bits per heavy atom. The topological polar surface area (TPSA) is 71.2 Å². The molecule has 0 aliphatic carbocycles. The lowest BCUT2D eigenvalue weighted by Gasteiger charge is -2.35. The van der Waals surface area contributed by atoms with E-state index in [0.717, 1.165) is 31.7 Å². The Kier molecular flexibility index (Phi) is 7.29. The van der Waals surface area contributed by atoms with Crippen LogP contribution in [-0.4, -0.2) is 65.9 Å². The Bertz CT molecular complexity index is 617. The lowest BCUT2D eigenvalue weighted by molar-refractivity contribution is 0.0146. The summed E-state index contributed by atoms with van der Waals surface area (Å²) in [5, 5.41) is 0. The molecule has 0 spiro atoms. The first-order valence-corrected chi connectivity index (χ1v) is 9.48. The highest BCUT2D eigenvalue weighted by Crippen LogP contribution is 2.15. The summed E-state index contributed by atoms with van der Waals surface area (Å²) in [5.74, 6) is 0.652. The van der Waals surface area contributed by atoms with Crippen molar-refractivity contribution in [1.29, 1.82) is 0 Å². The van der Waals surface area contributed by atoms with E-state index < -0.39 is 5.60 Å². The van der Waals surface area contributed by atoms with Gasteiger partial charge < -0.3 is 15.4 Å². The fourth-order valence-electron chi connectivity index (χ4n) is 2.70. The van der Waals surface area contributed by atoms with E-state index in [9.17, 15) is 4.79 Å². The predicted molar refractivity (Wildman–Crippen MR) is 106 cm³/mol. The number of carbonyl (C=O) groups is 1. The van der Waals surface area contributed by atoms with E-state index in [4.69, 9.17) is 22.1 Å². The number of benzene rings is 1. The van der Waals surface area contributed by atoms with E-state index in [1.54, 1.807) is 4.90 Å². The van der Waals surface area contributed by atoms with Crippen LogP contribution < -0.4 is 5.73 Å². The molecule has 1 saturated heterocycles. The third kappa shape index (κ3) is 6.84. The molecule has 2 rings (SSSR count). The first-order valence-electron chi connectivity index (χ1n) is 8.95. The Balaban J connectivity index is 1.75. The molecule has 1 aliphatic heterocycles. The van der Waals surface area contributed by atoms with Crippen LogP contribution in [-0.2, 0) is 11.2 Å². The van der Waals surface area contributed by atoms with Crippen molar-refractivity contribution in [1.82, 2.24) is 9.80 Å². The third-order valence-electron chi connectivity index (χ3n) is 4.09. The molecular formula is C19H29ClN4O2. The first kappa shape index (κ1) is 20.5. The Hall–Kier alpha value is -1.79. The van der Waals surface area contributed by atoms with Crippen LogP contribution in [0.2, 0.25) is 0 Å². The molecule has 0 unspecified atom stereocenters. The number of piperazine rings is 1. The summed E-state index contributed by atoms with van der Waals surface area (Å²) in [6, 6.07) is 8.04. The van der Waals surface area contributed by atoms with Crippen LogP contribution in [0.3, 0.4) is 0 Å². The molecule has 0 bridgehead atoms. The highest BCUT2D eigenvalue weighted by Gasteiger charge is 2.25. The van der Waals surface area contributed by atoms with E-state index in [2.05, 4.69) is 22.0 Å². The molecule has 1 fully saturated rings. The van der Waals surface area contributed by atoms with Gasteiger partial charge in [0.15, 0.2) is 0 Å². The zero-order valence-electron chi connectivity index (χ0n) is 15.9. The average Bonchev–Trinajstić information content (AvgIpc) is 2.60. The normalized spacial score (nSPS) is 16.6. The SMILES string of the molecule is CC(C)(C)OC(=O)N1CCN(CCc2ccc(N=C(N)CCl)cc2)CC1. The molecule has 0 saturated carbocycles. The van der Waals surface area contributed by atoms with Crippen LogP contribution >= 0.6 is 11.6 Å². The van der Waals surface area contributed by atoms with Gasteiger partial charge in [0.1, 0.15) is 11.4 Å². The zero-order chi connectivity index (χ0) is 19.2. The third-order valence-corrected chi connectivity index (χ3v) is 4.36. The fourth-order valence-corrected chi connectivity index (χ4v) is 2.76. The molecule has 6 nitrogen and oxygen atoms in total. The second kappa shape index (κ2) is 9.24. The lowest BCUT2D eigenvalue weighted by Crippen LogP contribution is -2.50. The average molecular weight is 381 g/mol. The predicted octanol–water partition coefficient (Wildman–Crippen LogP) is 3.01. The minimum Gasteiger partial charge on any atom is -0.444 e. The molecule has 1 amide bonds. The number of ether oxygens (including phenoxy) is 1. The molecule has 2 N–H and O–H groups in total. The van der Waals surface area contributed by atoms with Gasteiger partial charge in [-0.2, -0.15) is 0 Å². The van der Waals surface area contributed by atoms with Gasteiger partial charge >= 0.3 is 6.09 Å². The van der Waals surface area contributed by atoms with Crippen molar-refractivity contribution in [2.24, 2.45) is 10.7 Å². The number of aliphatic imine (C=N–C) groups is 1. The van der Waals surface area contributed by atoms with Crippen LogP contribution in [0.5, 0.6) is 0 Å². The molecule has 0 aromatic heterocycles. The first-order chi connectivity index (χ1) is 12.3. The molecule has 1 heterocycles. The van der Waals surface area contributed by atoms with Gasteiger partial charge in [-0.1, -0.05) is 12.1 Å². The number of halogens is 1. The summed E-state index contributed by atoms with van der Waals surface area (Å²) in [4.78, 5) is 20.5. The molecule has 7 heteroatoms. The highest BCUT2D eigenvalue weighted by molar-refractivity contribution is 6.28. The zero-order valence-corrected chi connectivity index (χ0v) is 16.6. The van der Waals surface area contributed by atoms with Gasteiger partial charge in [0.2, 0.25) is 0 Å². The Morgan fingerprint density at radius 3 is 2.35 bits per heavy atom. The van der Waals surface area contributed by atoms with Crippen LogP contribution in [0.25, 0.3) is 0 Å². The number of carbonyl (C=O) groups excluding carboxylic acids is 1. The van der Waals surface area contributed by atoms with E-state index >= 15 is 0 Å². The number of hydrogen-bond donors (Lipinski definition) is 1. The largest absolute Gasteiger partial charge is 0.444 e. The van der Waals surface area contributed by atoms with E-state index in [1.165, 1.54) is 5.56 Å². The fraction of sp³-hybridized carbons (Fsp3) is 0.579. The smallest absolute Gasteiger partial charge is 0.410 e. The number of amides is 1. The van der Waals surface area contributed by atoms with Gasteiger partial charge in [0.05, 0.1) is 11.6 Å². The summed E-state index contributed by atoms with van der Waals surface area (Å²) in [6.07, 6.45) is 0.742. The summed E-state index contributed by atoms with van der Waals surface area (Å²) in [5.41, 5.74) is 7.26. The minimum absolute atomic E-state index is 0.218. The van der Waals surface area contributed by atoms with Crippen molar-refractivity contribution in [3.8, 4) is 0 Å². The number of rotatable bonds is 5. The van der Waals surface area contributed by atoms with Crippen molar-refractivity contribution in [2.45, 2.75) is 32.8 Å². The van der Waals surface area contributed by atoms with Crippen LogP contribution in [0.15, 0.2) is 29.3 Å². The highest BCUT2D eigenvalue weighted by atomic mass is 35.5. The molecule has 26 heavy (non-hydrogen) atoms. The summed E-state index contributed by atoms with van der Waals surface area (Å²) < 4.78 is 5.43. The van der Waals surface area contributed by atoms with Crippen molar-refractivity contribution < 1.29 is 9.53 Å². The Morgan fingerprint density at radius 1 is 1.19 bits per heavy atom. The van der Waals surface area contributed by atoms with Gasteiger partial charge in [-0.15, -0.1) is 11.6 Å². The van der Waals surface area contributed by atoms with Crippen LogP contribution in [0.1, 0.15) is 26.3 Å². The van der Waals surface area contributed by atoms with Crippen molar-refractivity contribution in [3.05, 3.63) is 29.8 Å². The van der Waals surface area contributed by atoms with E-state index in [0.29, 0.717) is 18.9 Å². The molecule has 0 radical (unpaired) electrons. The summed E-state index contributed by atoms with van der Waals surface area (Å²) in [7, 11) is 0. The second-order valence-electron chi connectivity index (χ2n) is 7.46. The van der Waals surface area contributed by atoms with Gasteiger partial charge in [0, 0.05) is 32.7 Å². The number of hydrogen-bond acceptors (Lipinski definition) is 4. The molecular weight excluding hydrogens is 352 g/mol. The minimum atomic E-state index is -0.446. The van der Waals surface area contributed by atoms with Crippen molar-refractivity contribution >= 4 is 29.2 Å². The maximum atomic E-state index is 12.1. The number of nitrogens with two attached hydrogens (primary N) is 1. The van der Waals surface area contributed by atoms with E-state index in [1.807, 2.05) is 32.9 Å². The molecule has 1 aliphatic rings. The quantitative estimate of drug-likeness (QED) is 0.484. The Labute approximate surface area is 161 Å². The van der Waals surface area contributed by atoms with E-state index in [-0.39, 0.29) is 12.0 Å². The molecule has 0 atom stereocenters. The maximum Gasteiger partial charge on any atom is 0.410 e. The molecule has 1 aromatic carbocycles. The number of nitrogens with zero attached hydrogens (tertiary/aromatic N) is 3. The summed E-state index contributed by atoms with van der Waals surface area (Å²) in [6.45, 7) is 9.79. The second-order valence-corrected chi connectivity index (χ2v) is 7.73. The maximum absolute atomic E-state index is 12.1. The van der Waals surface area contributed by atoms with Gasteiger partial charge in [-0.25, -0.2) is 9.79 Å². The standard InChI is InChI=1S/C19H29ClN4O2/c1-19(2,3)26-18(25)24-12-10-23(11-13-24)9-8-15-4-6-16(7-5-15)22-17(21)14-20/h4-7H,8-14H2,1-3H3,(H2,21,22). The molecule has 1 aromatic rings. The number of alkyl halides is 1. The van der Waals surface area contributed by atoms with Crippen LogP contribution in [0, 0.1) is 0 Å². The lowest BCUT2D eigenvalue weighted by atomic mass is 10.1. The van der Waals surface area contributed by atoms with Gasteiger partial charge in [-0.05, 0) is 44.9 Å². The summed E-state index contributed by atoms with van der Waals surface area (Å²) >= 11 is 5.64. The number of amidine groups is 1.